The predicted octanol–water partition coefficient (Wildman–Crippen LogP) is 1.57. The van der Waals surface area contributed by atoms with E-state index in [1.54, 1.807) is 12.1 Å². The van der Waals surface area contributed by atoms with Crippen molar-refractivity contribution in [1.82, 2.24) is 9.90 Å². The van der Waals surface area contributed by atoms with Crippen molar-refractivity contribution in [3.05, 3.63) is 56.1 Å². The fourth-order valence-corrected chi connectivity index (χ4v) is 2.26. The number of rotatable bonds is 3. The number of fused-ring (bicyclic) bond motifs is 1. The lowest BCUT2D eigenvalue weighted by molar-refractivity contribution is 0.0744. The summed E-state index contributed by atoms with van der Waals surface area (Å²) in [5, 5.41) is 0.763. The molecule has 2 aromatic heterocycles. The summed E-state index contributed by atoms with van der Waals surface area (Å²) in [5.41, 5.74) is 0.0780. The number of aromatic nitrogens is 2. The molecule has 0 fully saturated rings. The van der Waals surface area contributed by atoms with E-state index in [1.807, 2.05) is 6.92 Å². The molecular formula is C13H11FN2O4. The van der Waals surface area contributed by atoms with Crippen molar-refractivity contribution < 1.29 is 13.4 Å². The van der Waals surface area contributed by atoms with Crippen LogP contribution in [-0.2, 0) is 13.0 Å². The van der Waals surface area contributed by atoms with E-state index in [4.69, 9.17) is 0 Å². The molecule has 1 N–H and O–H groups in total. The lowest BCUT2D eigenvalue weighted by atomic mass is 10.1. The van der Waals surface area contributed by atoms with Crippen LogP contribution in [0.1, 0.15) is 11.3 Å². The number of benzene rings is 1. The minimum atomic E-state index is -1.04. The summed E-state index contributed by atoms with van der Waals surface area (Å²) < 4.78 is 22.8. The second-order valence-corrected chi connectivity index (χ2v) is 4.45. The first-order chi connectivity index (χ1) is 9.56. The third-order valence-electron chi connectivity index (χ3n) is 3.18. The van der Waals surface area contributed by atoms with Crippen molar-refractivity contribution in [2.45, 2.75) is 19.9 Å². The van der Waals surface area contributed by atoms with Gasteiger partial charge in [0.15, 0.2) is 0 Å². The third-order valence-corrected chi connectivity index (χ3v) is 3.18. The molecule has 0 amide bonds. The maximum atomic E-state index is 13.6. The molecule has 104 valence electrons. The Morgan fingerprint density at radius 2 is 1.95 bits per heavy atom. The summed E-state index contributed by atoms with van der Waals surface area (Å²) in [6.45, 7) is 2.01. The number of hydrogen-bond donors (Lipinski definition) is 1. The zero-order valence-corrected chi connectivity index (χ0v) is 10.6. The first-order valence-electron chi connectivity index (χ1n) is 6.03. The third kappa shape index (κ3) is 1.97. The average molecular weight is 278 g/mol. The summed E-state index contributed by atoms with van der Waals surface area (Å²) >= 11 is 0. The van der Waals surface area contributed by atoms with Gasteiger partial charge in [0.25, 0.3) is 0 Å². The molecule has 1 aromatic carbocycles. The van der Waals surface area contributed by atoms with Crippen molar-refractivity contribution in [2.75, 3.05) is 0 Å². The van der Waals surface area contributed by atoms with E-state index in [2.05, 4.69) is 14.0 Å². The van der Waals surface area contributed by atoms with Gasteiger partial charge in [0, 0.05) is 11.1 Å². The Morgan fingerprint density at radius 3 is 2.65 bits per heavy atom. The van der Waals surface area contributed by atoms with Gasteiger partial charge in [-0.05, 0) is 25.0 Å². The lowest BCUT2D eigenvalue weighted by Gasteiger charge is -2.00. The molecule has 0 bridgehead atoms. The predicted molar refractivity (Wildman–Crippen MR) is 68.2 cm³/mol. The highest BCUT2D eigenvalue weighted by atomic mass is 19.1. The zero-order chi connectivity index (χ0) is 14.3. The normalized spacial score (nSPS) is 11.3. The number of H-pyrrole nitrogens is 1. The molecule has 0 saturated carbocycles. The molecule has 0 aliphatic carbocycles. The van der Waals surface area contributed by atoms with Gasteiger partial charge in [0.1, 0.15) is 5.82 Å². The second-order valence-electron chi connectivity index (χ2n) is 4.45. The van der Waals surface area contributed by atoms with Crippen LogP contribution >= 0.6 is 0 Å². The molecule has 2 heterocycles. The summed E-state index contributed by atoms with van der Waals surface area (Å²) in [6, 6.07) is 4.82. The number of aryl methyl sites for hydroxylation is 3. The molecule has 0 saturated heterocycles. The van der Waals surface area contributed by atoms with Crippen LogP contribution in [0, 0.1) is 12.7 Å². The fraction of sp³-hybridized carbons (Fsp3) is 0.231. The van der Waals surface area contributed by atoms with E-state index in [0.29, 0.717) is 11.9 Å². The molecule has 3 aromatic rings. The van der Waals surface area contributed by atoms with E-state index in [9.17, 15) is 14.0 Å². The standard InChI is InChI=1S/C13H11FN2O4/c1-7-8(5-6-16-19-12(17)13(18)20-16)9-3-2-4-10(14)11(9)15-7/h2-4,15H,5-6H2,1H3. The Hall–Kier alpha value is -2.57. The maximum Gasteiger partial charge on any atom is 0.446 e. The Labute approximate surface area is 111 Å². The minimum absolute atomic E-state index is 0.182. The molecule has 20 heavy (non-hydrogen) atoms. The van der Waals surface area contributed by atoms with Crippen LogP contribution in [0.3, 0.4) is 0 Å². The number of nitrogens with zero attached hydrogens (tertiary/aromatic N) is 1. The second kappa shape index (κ2) is 4.52. The van der Waals surface area contributed by atoms with Crippen molar-refractivity contribution in [1.29, 1.82) is 0 Å². The molecule has 0 aliphatic rings. The van der Waals surface area contributed by atoms with Crippen molar-refractivity contribution in [3.8, 4) is 0 Å². The van der Waals surface area contributed by atoms with Gasteiger partial charge in [-0.2, -0.15) is 0 Å². The van der Waals surface area contributed by atoms with Crippen LogP contribution in [-0.4, -0.2) is 9.90 Å². The largest absolute Gasteiger partial charge is 0.446 e. The van der Waals surface area contributed by atoms with Crippen molar-refractivity contribution in [3.63, 3.8) is 0 Å². The molecule has 0 spiro atoms. The van der Waals surface area contributed by atoms with Crippen LogP contribution in [0.2, 0.25) is 0 Å². The Bertz CT molecular complexity index is 856. The summed E-state index contributed by atoms with van der Waals surface area (Å²) in [5.74, 6) is -0.323. The smallest absolute Gasteiger partial charge is 0.356 e. The summed E-state index contributed by atoms with van der Waals surface area (Å²) in [6.07, 6.45) is 0.440. The van der Waals surface area contributed by atoms with E-state index in [-0.39, 0.29) is 12.4 Å². The highest BCUT2D eigenvalue weighted by Gasteiger charge is 2.12. The van der Waals surface area contributed by atoms with E-state index < -0.39 is 11.3 Å². The fourth-order valence-electron chi connectivity index (χ4n) is 2.26. The van der Waals surface area contributed by atoms with Gasteiger partial charge in [-0.1, -0.05) is 17.0 Å². The number of para-hydroxylation sites is 1. The molecule has 0 atom stereocenters. The van der Waals surface area contributed by atoms with Gasteiger partial charge < -0.3 is 4.98 Å². The highest BCUT2D eigenvalue weighted by molar-refractivity contribution is 5.85. The molecular weight excluding hydrogens is 267 g/mol. The summed E-state index contributed by atoms with van der Waals surface area (Å²) in [7, 11) is 0. The number of aromatic amines is 1. The SMILES string of the molecule is Cc1[nH]c2c(F)cccc2c1CCn1oc(=O)c(=O)o1. The van der Waals surface area contributed by atoms with Crippen molar-refractivity contribution in [2.24, 2.45) is 0 Å². The molecule has 0 radical (unpaired) electrons. The Kier molecular flexibility index (Phi) is 2.81. The minimum Gasteiger partial charge on any atom is -0.356 e. The molecule has 7 heteroatoms. The Balaban J connectivity index is 1.95. The van der Waals surface area contributed by atoms with Gasteiger partial charge >= 0.3 is 11.3 Å². The molecule has 0 aliphatic heterocycles. The molecule has 0 unspecified atom stereocenters. The number of nitrogens with one attached hydrogen (secondary N) is 1. The van der Waals surface area contributed by atoms with Crippen LogP contribution in [0.5, 0.6) is 0 Å². The monoisotopic (exact) mass is 278 g/mol. The quantitative estimate of drug-likeness (QED) is 0.737. The van der Waals surface area contributed by atoms with Crippen LogP contribution in [0.25, 0.3) is 10.9 Å². The Morgan fingerprint density at radius 1 is 1.25 bits per heavy atom. The van der Waals surface area contributed by atoms with Crippen molar-refractivity contribution >= 4 is 10.9 Å². The van der Waals surface area contributed by atoms with E-state index >= 15 is 0 Å². The van der Waals surface area contributed by atoms with E-state index in [1.165, 1.54) is 6.07 Å². The molecule has 3 rings (SSSR count). The van der Waals surface area contributed by atoms with Gasteiger partial charge in [-0.3, -0.25) is 9.05 Å². The highest BCUT2D eigenvalue weighted by Crippen LogP contribution is 2.24. The van der Waals surface area contributed by atoms with Gasteiger partial charge in [-0.15, -0.1) is 0 Å². The lowest BCUT2D eigenvalue weighted by Crippen LogP contribution is -2.14. The number of halogens is 1. The number of hydrogen-bond acceptors (Lipinski definition) is 4. The van der Waals surface area contributed by atoms with E-state index in [0.717, 1.165) is 21.6 Å². The zero-order valence-electron chi connectivity index (χ0n) is 10.6. The van der Waals surface area contributed by atoms with Gasteiger partial charge in [-0.25, -0.2) is 14.0 Å². The van der Waals surface area contributed by atoms with Crippen LogP contribution in [0.15, 0.2) is 36.8 Å². The maximum absolute atomic E-state index is 13.6. The summed E-state index contributed by atoms with van der Waals surface area (Å²) in [4.78, 5) is 25.6. The topological polar surface area (TPSA) is 81.1 Å². The molecule has 6 nitrogen and oxygen atoms in total. The van der Waals surface area contributed by atoms with Gasteiger partial charge in [0.05, 0.1) is 12.1 Å². The first kappa shape index (κ1) is 12.5. The van der Waals surface area contributed by atoms with Gasteiger partial charge in [0.2, 0.25) is 0 Å². The first-order valence-corrected chi connectivity index (χ1v) is 6.03. The van der Waals surface area contributed by atoms with Crippen LogP contribution < -0.4 is 11.3 Å². The average Bonchev–Trinajstić information content (AvgIpc) is 2.89. The van der Waals surface area contributed by atoms with Crippen LogP contribution in [0.4, 0.5) is 4.39 Å².